The zero-order chi connectivity index (χ0) is 13.1. The van der Waals surface area contributed by atoms with Crippen molar-refractivity contribution in [3.8, 4) is 0 Å². The van der Waals surface area contributed by atoms with E-state index in [1.807, 2.05) is 26.0 Å². The average Bonchev–Trinajstić information content (AvgIpc) is 2.32. The van der Waals surface area contributed by atoms with Crippen LogP contribution in [0.5, 0.6) is 0 Å². The van der Waals surface area contributed by atoms with Crippen molar-refractivity contribution in [3.63, 3.8) is 0 Å². The van der Waals surface area contributed by atoms with Crippen LogP contribution < -0.4 is 11.1 Å². The topological polar surface area (TPSA) is 68.0 Å². The van der Waals surface area contributed by atoms with Crippen molar-refractivity contribution in [3.05, 3.63) is 53.2 Å². The van der Waals surface area contributed by atoms with Gasteiger partial charge in [-0.1, -0.05) is 17.7 Å². The first-order chi connectivity index (χ1) is 8.58. The minimum Gasteiger partial charge on any atom is -0.396 e. The van der Waals surface area contributed by atoms with Crippen LogP contribution in [0.4, 0.5) is 11.5 Å². The van der Waals surface area contributed by atoms with E-state index in [9.17, 15) is 4.79 Å². The van der Waals surface area contributed by atoms with Gasteiger partial charge in [-0.2, -0.15) is 0 Å². The molecule has 4 heteroatoms. The number of hydrogen-bond acceptors (Lipinski definition) is 3. The average molecular weight is 241 g/mol. The molecule has 1 aromatic carbocycles. The number of carbonyl (C=O) groups is 1. The monoisotopic (exact) mass is 241 g/mol. The largest absolute Gasteiger partial charge is 0.396 e. The Hall–Kier alpha value is -2.36. The van der Waals surface area contributed by atoms with Crippen LogP contribution in [-0.4, -0.2) is 10.9 Å². The smallest absolute Gasteiger partial charge is 0.257 e. The van der Waals surface area contributed by atoms with Gasteiger partial charge < -0.3 is 11.1 Å². The summed E-state index contributed by atoms with van der Waals surface area (Å²) in [5.74, 6) is 0.195. The van der Waals surface area contributed by atoms with Gasteiger partial charge in [0.05, 0.1) is 5.69 Å². The molecule has 1 amide bonds. The quantitative estimate of drug-likeness (QED) is 0.849. The third-order valence-electron chi connectivity index (χ3n) is 2.70. The van der Waals surface area contributed by atoms with Gasteiger partial charge in [-0.15, -0.1) is 0 Å². The Balaban J connectivity index is 2.25. The lowest BCUT2D eigenvalue weighted by Gasteiger charge is -2.09. The molecule has 0 aliphatic rings. The molecule has 4 nitrogen and oxygen atoms in total. The Morgan fingerprint density at radius 2 is 2.06 bits per heavy atom. The Morgan fingerprint density at radius 1 is 1.28 bits per heavy atom. The number of pyridine rings is 1. The predicted molar refractivity (Wildman–Crippen MR) is 72.5 cm³/mol. The van der Waals surface area contributed by atoms with Crippen LogP contribution in [0.25, 0.3) is 0 Å². The lowest BCUT2D eigenvalue weighted by atomic mass is 10.1. The van der Waals surface area contributed by atoms with E-state index in [-0.39, 0.29) is 5.91 Å². The third-order valence-corrected chi connectivity index (χ3v) is 2.70. The Morgan fingerprint density at radius 3 is 2.72 bits per heavy atom. The molecule has 92 valence electrons. The van der Waals surface area contributed by atoms with E-state index in [0.29, 0.717) is 17.1 Å². The molecule has 0 bridgehead atoms. The maximum atomic E-state index is 12.1. The molecule has 0 spiro atoms. The number of nitrogens with two attached hydrogens (primary N) is 1. The van der Waals surface area contributed by atoms with Gasteiger partial charge in [0.15, 0.2) is 5.82 Å². The van der Waals surface area contributed by atoms with E-state index in [2.05, 4.69) is 10.3 Å². The van der Waals surface area contributed by atoms with Gasteiger partial charge >= 0.3 is 0 Å². The fourth-order valence-electron chi connectivity index (χ4n) is 1.77. The molecule has 1 heterocycles. The van der Waals surface area contributed by atoms with Gasteiger partial charge in [0.2, 0.25) is 0 Å². The van der Waals surface area contributed by atoms with Crippen LogP contribution >= 0.6 is 0 Å². The molecule has 2 rings (SSSR count). The first-order valence-corrected chi connectivity index (χ1v) is 5.67. The summed E-state index contributed by atoms with van der Waals surface area (Å²) in [5, 5.41) is 2.71. The summed E-state index contributed by atoms with van der Waals surface area (Å²) in [6.07, 6.45) is 1.59. The summed E-state index contributed by atoms with van der Waals surface area (Å²) in [6, 6.07) is 9.10. The SMILES string of the molecule is Cc1ccc(C(=O)Nc2ncccc2N)c(C)c1. The number of amides is 1. The zero-order valence-electron chi connectivity index (χ0n) is 10.4. The van der Waals surface area contributed by atoms with Crippen LogP contribution in [-0.2, 0) is 0 Å². The van der Waals surface area contributed by atoms with Gasteiger partial charge in [-0.3, -0.25) is 4.79 Å². The lowest BCUT2D eigenvalue weighted by molar-refractivity contribution is 0.102. The molecule has 0 unspecified atom stereocenters. The zero-order valence-corrected chi connectivity index (χ0v) is 10.4. The van der Waals surface area contributed by atoms with E-state index in [4.69, 9.17) is 5.73 Å². The molecule has 0 aliphatic carbocycles. The highest BCUT2D eigenvalue weighted by molar-refractivity contribution is 6.06. The van der Waals surface area contributed by atoms with Gasteiger partial charge in [-0.05, 0) is 37.6 Å². The molecule has 0 saturated carbocycles. The van der Waals surface area contributed by atoms with Crippen LogP contribution in [0, 0.1) is 13.8 Å². The van der Waals surface area contributed by atoms with Crippen molar-refractivity contribution < 1.29 is 4.79 Å². The van der Waals surface area contributed by atoms with E-state index >= 15 is 0 Å². The minimum absolute atomic E-state index is 0.196. The van der Waals surface area contributed by atoms with E-state index in [0.717, 1.165) is 11.1 Å². The third kappa shape index (κ3) is 2.48. The predicted octanol–water partition coefficient (Wildman–Crippen LogP) is 2.53. The maximum absolute atomic E-state index is 12.1. The number of nitrogens with one attached hydrogen (secondary N) is 1. The van der Waals surface area contributed by atoms with Crippen molar-refractivity contribution in [1.29, 1.82) is 0 Å². The maximum Gasteiger partial charge on any atom is 0.257 e. The van der Waals surface area contributed by atoms with Gasteiger partial charge in [0.25, 0.3) is 5.91 Å². The summed E-state index contributed by atoms with van der Waals surface area (Å²) in [6.45, 7) is 3.90. The van der Waals surface area contributed by atoms with Gasteiger partial charge in [0, 0.05) is 11.8 Å². The van der Waals surface area contributed by atoms with Gasteiger partial charge in [0.1, 0.15) is 0 Å². The minimum atomic E-state index is -0.196. The Kier molecular flexibility index (Phi) is 3.28. The van der Waals surface area contributed by atoms with Crippen molar-refractivity contribution in [1.82, 2.24) is 4.98 Å². The van der Waals surface area contributed by atoms with E-state index in [1.54, 1.807) is 24.4 Å². The number of nitrogen functional groups attached to an aromatic ring is 1. The molecule has 18 heavy (non-hydrogen) atoms. The highest BCUT2D eigenvalue weighted by atomic mass is 16.1. The standard InChI is InChI=1S/C14H15N3O/c1-9-5-6-11(10(2)8-9)14(18)17-13-12(15)4-3-7-16-13/h3-8H,15H2,1-2H3,(H,16,17,18). The number of carbonyl (C=O) groups excluding carboxylic acids is 1. The summed E-state index contributed by atoms with van der Waals surface area (Å²) in [7, 11) is 0. The van der Waals surface area contributed by atoms with Crippen molar-refractivity contribution in [2.75, 3.05) is 11.1 Å². The van der Waals surface area contributed by atoms with E-state index in [1.165, 1.54) is 0 Å². The fourth-order valence-corrected chi connectivity index (χ4v) is 1.77. The first-order valence-electron chi connectivity index (χ1n) is 5.67. The van der Waals surface area contributed by atoms with Crippen molar-refractivity contribution >= 4 is 17.4 Å². The molecule has 1 aromatic heterocycles. The number of anilines is 2. The molecular formula is C14H15N3O. The van der Waals surface area contributed by atoms with Crippen LogP contribution in [0.3, 0.4) is 0 Å². The molecule has 0 saturated heterocycles. The fraction of sp³-hybridized carbons (Fsp3) is 0.143. The summed E-state index contributed by atoms with van der Waals surface area (Å²) < 4.78 is 0. The second-order valence-corrected chi connectivity index (χ2v) is 4.21. The molecule has 0 radical (unpaired) electrons. The molecular weight excluding hydrogens is 226 g/mol. The summed E-state index contributed by atoms with van der Waals surface area (Å²) in [5.41, 5.74) is 8.88. The second kappa shape index (κ2) is 4.87. The Bertz CT molecular complexity index is 593. The van der Waals surface area contributed by atoms with Crippen LogP contribution in [0.2, 0.25) is 0 Å². The summed E-state index contributed by atoms with van der Waals surface area (Å²) >= 11 is 0. The lowest BCUT2D eigenvalue weighted by Crippen LogP contribution is -2.15. The molecule has 0 fully saturated rings. The second-order valence-electron chi connectivity index (χ2n) is 4.21. The van der Waals surface area contributed by atoms with Crippen molar-refractivity contribution in [2.45, 2.75) is 13.8 Å². The molecule has 0 aliphatic heterocycles. The Labute approximate surface area is 106 Å². The highest BCUT2D eigenvalue weighted by Gasteiger charge is 2.11. The van der Waals surface area contributed by atoms with Gasteiger partial charge in [-0.25, -0.2) is 4.98 Å². The number of aromatic nitrogens is 1. The molecule has 0 atom stereocenters. The van der Waals surface area contributed by atoms with Crippen LogP contribution in [0.15, 0.2) is 36.5 Å². The first kappa shape index (κ1) is 12.1. The number of nitrogens with zero attached hydrogens (tertiary/aromatic N) is 1. The number of hydrogen-bond donors (Lipinski definition) is 2. The summed E-state index contributed by atoms with van der Waals surface area (Å²) in [4.78, 5) is 16.1. The molecule has 3 N–H and O–H groups in total. The van der Waals surface area contributed by atoms with E-state index < -0.39 is 0 Å². The number of aryl methyl sites for hydroxylation is 2. The number of rotatable bonds is 2. The van der Waals surface area contributed by atoms with Crippen molar-refractivity contribution in [2.24, 2.45) is 0 Å². The number of benzene rings is 1. The van der Waals surface area contributed by atoms with Crippen LogP contribution in [0.1, 0.15) is 21.5 Å². The normalized spacial score (nSPS) is 10.1. The highest BCUT2D eigenvalue weighted by Crippen LogP contribution is 2.16. The molecule has 2 aromatic rings.